The number of nitriles is 1. The largest absolute Gasteiger partial charge is 0.334 e. The van der Waals surface area contributed by atoms with E-state index in [2.05, 4.69) is 22.0 Å². The molecule has 3 rings (SSSR count). The molecule has 0 radical (unpaired) electrons. The van der Waals surface area contributed by atoms with Crippen molar-refractivity contribution in [2.75, 3.05) is 0 Å². The van der Waals surface area contributed by atoms with Gasteiger partial charge in [-0.05, 0) is 24.5 Å². The standard InChI is InChI=1S/C12H10N4O/c1-7-4-10(7)11-15-12(17-16-11)8-2-3-14-9(5-8)6-13/h2-3,5,7,10H,4H2,1H3. The van der Waals surface area contributed by atoms with Crippen LogP contribution in [0.1, 0.15) is 30.8 Å². The van der Waals surface area contributed by atoms with Crippen LogP contribution in [0.4, 0.5) is 0 Å². The van der Waals surface area contributed by atoms with Crippen LogP contribution in [0.2, 0.25) is 0 Å². The molecule has 0 aromatic carbocycles. The van der Waals surface area contributed by atoms with Gasteiger partial charge in [0.1, 0.15) is 11.8 Å². The lowest BCUT2D eigenvalue weighted by Crippen LogP contribution is -1.86. The first kappa shape index (κ1) is 9.97. The summed E-state index contributed by atoms with van der Waals surface area (Å²) in [6.45, 7) is 2.17. The maximum absolute atomic E-state index is 8.77. The Kier molecular flexibility index (Phi) is 2.15. The van der Waals surface area contributed by atoms with Gasteiger partial charge in [-0.2, -0.15) is 10.2 Å². The Hall–Kier alpha value is -2.22. The molecule has 17 heavy (non-hydrogen) atoms. The van der Waals surface area contributed by atoms with E-state index in [4.69, 9.17) is 9.78 Å². The number of aromatic nitrogens is 3. The SMILES string of the molecule is CC1CC1c1noc(-c2ccnc(C#N)c2)n1. The summed E-state index contributed by atoms with van der Waals surface area (Å²) in [5.74, 6) is 2.30. The van der Waals surface area contributed by atoms with Gasteiger partial charge in [-0.15, -0.1) is 0 Å². The molecule has 2 heterocycles. The topological polar surface area (TPSA) is 75.6 Å². The maximum atomic E-state index is 8.77. The summed E-state index contributed by atoms with van der Waals surface area (Å²) in [5.41, 5.74) is 1.09. The molecule has 2 aromatic rings. The second kappa shape index (κ2) is 3.67. The van der Waals surface area contributed by atoms with Crippen LogP contribution in [-0.2, 0) is 0 Å². The van der Waals surface area contributed by atoms with Gasteiger partial charge in [0.25, 0.3) is 5.89 Å². The third-order valence-corrected chi connectivity index (χ3v) is 3.00. The Balaban J connectivity index is 1.93. The van der Waals surface area contributed by atoms with Crippen molar-refractivity contribution in [3.05, 3.63) is 29.8 Å². The first-order chi connectivity index (χ1) is 8.28. The minimum absolute atomic E-state index is 0.349. The lowest BCUT2D eigenvalue weighted by molar-refractivity contribution is 0.422. The molecule has 2 aromatic heterocycles. The molecule has 0 N–H and O–H groups in total. The fourth-order valence-electron chi connectivity index (χ4n) is 1.81. The van der Waals surface area contributed by atoms with E-state index in [1.54, 1.807) is 18.3 Å². The van der Waals surface area contributed by atoms with E-state index >= 15 is 0 Å². The van der Waals surface area contributed by atoms with Crippen molar-refractivity contribution in [3.63, 3.8) is 0 Å². The van der Waals surface area contributed by atoms with Crippen LogP contribution >= 0.6 is 0 Å². The molecule has 0 aliphatic heterocycles. The van der Waals surface area contributed by atoms with E-state index in [1.165, 1.54) is 0 Å². The number of rotatable bonds is 2. The fraction of sp³-hybridized carbons (Fsp3) is 0.333. The average Bonchev–Trinajstić information content (AvgIpc) is 2.92. The summed E-state index contributed by atoms with van der Waals surface area (Å²) < 4.78 is 5.20. The van der Waals surface area contributed by atoms with Crippen molar-refractivity contribution in [1.29, 1.82) is 5.26 Å². The van der Waals surface area contributed by atoms with E-state index in [9.17, 15) is 0 Å². The van der Waals surface area contributed by atoms with Gasteiger partial charge in [0.05, 0.1) is 0 Å². The predicted molar refractivity (Wildman–Crippen MR) is 58.8 cm³/mol. The summed E-state index contributed by atoms with van der Waals surface area (Å²) in [4.78, 5) is 8.25. The summed E-state index contributed by atoms with van der Waals surface area (Å²) in [6, 6.07) is 5.39. The molecule has 0 amide bonds. The number of nitrogens with zero attached hydrogens (tertiary/aromatic N) is 4. The minimum Gasteiger partial charge on any atom is -0.334 e. The number of hydrogen-bond acceptors (Lipinski definition) is 5. The van der Waals surface area contributed by atoms with Crippen molar-refractivity contribution in [1.82, 2.24) is 15.1 Å². The summed E-state index contributed by atoms with van der Waals surface area (Å²) >= 11 is 0. The average molecular weight is 226 g/mol. The number of pyridine rings is 1. The first-order valence-electron chi connectivity index (χ1n) is 5.48. The number of hydrogen-bond donors (Lipinski definition) is 0. The maximum Gasteiger partial charge on any atom is 0.258 e. The van der Waals surface area contributed by atoms with Gasteiger partial charge in [0.15, 0.2) is 5.82 Å². The quantitative estimate of drug-likeness (QED) is 0.784. The van der Waals surface area contributed by atoms with Crippen molar-refractivity contribution >= 4 is 0 Å². The Morgan fingerprint density at radius 2 is 2.35 bits per heavy atom. The molecule has 0 spiro atoms. The fourth-order valence-corrected chi connectivity index (χ4v) is 1.81. The highest BCUT2D eigenvalue weighted by atomic mass is 16.5. The van der Waals surface area contributed by atoms with E-state index < -0.39 is 0 Å². The molecule has 0 bridgehead atoms. The Labute approximate surface area is 98.1 Å². The van der Waals surface area contributed by atoms with Gasteiger partial charge in [0.2, 0.25) is 0 Å². The smallest absolute Gasteiger partial charge is 0.258 e. The minimum atomic E-state index is 0.349. The van der Waals surface area contributed by atoms with E-state index in [1.807, 2.05) is 6.07 Å². The first-order valence-corrected chi connectivity index (χ1v) is 5.48. The van der Waals surface area contributed by atoms with E-state index in [0.29, 0.717) is 23.4 Å². The zero-order valence-corrected chi connectivity index (χ0v) is 9.29. The third kappa shape index (κ3) is 1.78. The molecule has 5 heteroatoms. The normalized spacial score (nSPS) is 22.1. The second-order valence-corrected chi connectivity index (χ2v) is 4.32. The van der Waals surface area contributed by atoms with Gasteiger partial charge in [-0.1, -0.05) is 12.1 Å². The third-order valence-electron chi connectivity index (χ3n) is 3.00. The Morgan fingerprint density at radius 1 is 1.53 bits per heavy atom. The Bertz CT molecular complexity index is 599. The molecule has 2 atom stereocenters. The van der Waals surface area contributed by atoms with Gasteiger partial charge in [0, 0.05) is 17.7 Å². The molecule has 1 saturated carbocycles. The highest BCUT2D eigenvalue weighted by molar-refractivity contribution is 5.54. The van der Waals surface area contributed by atoms with Gasteiger partial charge in [-0.3, -0.25) is 0 Å². The van der Waals surface area contributed by atoms with Crippen LogP contribution in [-0.4, -0.2) is 15.1 Å². The monoisotopic (exact) mass is 226 g/mol. The summed E-state index contributed by atoms with van der Waals surface area (Å²) in [7, 11) is 0. The van der Waals surface area contributed by atoms with Gasteiger partial charge in [-0.25, -0.2) is 4.98 Å². The zero-order chi connectivity index (χ0) is 11.8. The molecular formula is C12H10N4O. The molecular weight excluding hydrogens is 216 g/mol. The van der Waals surface area contributed by atoms with Gasteiger partial charge < -0.3 is 4.52 Å². The Morgan fingerprint density at radius 3 is 3.06 bits per heavy atom. The predicted octanol–water partition coefficient (Wildman–Crippen LogP) is 2.13. The van der Waals surface area contributed by atoms with E-state index in [-0.39, 0.29) is 0 Å². The van der Waals surface area contributed by atoms with Crippen molar-refractivity contribution in [2.24, 2.45) is 5.92 Å². The molecule has 0 saturated heterocycles. The van der Waals surface area contributed by atoms with Crippen LogP contribution in [0.5, 0.6) is 0 Å². The van der Waals surface area contributed by atoms with Crippen molar-refractivity contribution in [2.45, 2.75) is 19.3 Å². The highest BCUT2D eigenvalue weighted by Gasteiger charge is 2.38. The highest BCUT2D eigenvalue weighted by Crippen LogP contribution is 2.45. The van der Waals surface area contributed by atoms with Crippen LogP contribution in [0.3, 0.4) is 0 Å². The van der Waals surface area contributed by atoms with Crippen LogP contribution in [0.25, 0.3) is 11.5 Å². The van der Waals surface area contributed by atoms with E-state index in [0.717, 1.165) is 17.8 Å². The van der Waals surface area contributed by atoms with Crippen LogP contribution in [0.15, 0.2) is 22.9 Å². The summed E-state index contributed by atoms with van der Waals surface area (Å²) in [5, 5.41) is 12.7. The van der Waals surface area contributed by atoms with Crippen molar-refractivity contribution < 1.29 is 4.52 Å². The van der Waals surface area contributed by atoms with Crippen LogP contribution < -0.4 is 0 Å². The lowest BCUT2D eigenvalue weighted by atomic mass is 10.2. The molecule has 5 nitrogen and oxygen atoms in total. The zero-order valence-electron chi connectivity index (χ0n) is 9.29. The lowest BCUT2D eigenvalue weighted by Gasteiger charge is -1.92. The molecule has 1 aliphatic rings. The molecule has 84 valence electrons. The molecule has 1 aliphatic carbocycles. The van der Waals surface area contributed by atoms with Gasteiger partial charge >= 0.3 is 0 Å². The van der Waals surface area contributed by atoms with Crippen molar-refractivity contribution in [3.8, 4) is 17.5 Å². The second-order valence-electron chi connectivity index (χ2n) is 4.32. The summed E-state index contributed by atoms with van der Waals surface area (Å²) in [6.07, 6.45) is 2.69. The molecule has 2 unspecified atom stereocenters. The molecule has 1 fully saturated rings. The van der Waals surface area contributed by atoms with Crippen LogP contribution in [0, 0.1) is 17.2 Å².